The van der Waals surface area contributed by atoms with Crippen LogP contribution in [-0.2, 0) is 13.0 Å². The summed E-state index contributed by atoms with van der Waals surface area (Å²) in [7, 11) is 0. The maximum absolute atomic E-state index is 5.52. The lowest BCUT2D eigenvalue weighted by atomic mass is 10.1. The van der Waals surface area contributed by atoms with E-state index in [-0.39, 0.29) is 0 Å². The molecule has 3 heteroatoms. The first-order valence-electron chi connectivity index (χ1n) is 5.94. The lowest BCUT2D eigenvalue weighted by Gasteiger charge is -2.05. The Balaban J connectivity index is 2.01. The Morgan fingerprint density at radius 3 is 2.76 bits per heavy atom. The second-order valence-corrected chi connectivity index (χ2v) is 4.16. The molecule has 3 nitrogen and oxygen atoms in total. The van der Waals surface area contributed by atoms with Crippen LogP contribution in [0.5, 0.6) is 0 Å². The molecule has 1 aromatic heterocycles. The van der Waals surface area contributed by atoms with Gasteiger partial charge in [0.05, 0.1) is 12.2 Å². The fraction of sp³-hybridized carbons (Fsp3) is 0.357. The molecule has 0 atom stereocenters. The third-order valence-electron chi connectivity index (χ3n) is 2.85. The number of anilines is 1. The van der Waals surface area contributed by atoms with Crippen molar-refractivity contribution in [2.24, 2.45) is 0 Å². The van der Waals surface area contributed by atoms with Crippen molar-refractivity contribution in [1.82, 2.24) is 4.98 Å². The molecule has 0 aliphatic carbocycles. The molecule has 90 valence electrons. The van der Waals surface area contributed by atoms with Crippen LogP contribution in [0.2, 0.25) is 0 Å². The van der Waals surface area contributed by atoms with Crippen LogP contribution in [0, 0.1) is 13.8 Å². The van der Waals surface area contributed by atoms with Gasteiger partial charge < -0.3 is 9.73 Å². The number of hydrogen-bond donors (Lipinski definition) is 1. The Hall–Kier alpha value is -1.77. The largest absolute Gasteiger partial charge is 0.444 e. The monoisotopic (exact) mass is 230 g/mol. The van der Waals surface area contributed by atoms with Crippen LogP contribution >= 0.6 is 0 Å². The summed E-state index contributed by atoms with van der Waals surface area (Å²) in [4.78, 5) is 4.34. The molecule has 0 bridgehead atoms. The van der Waals surface area contributed by atoms with Gasteiger partial charge in [0.1, 0.15) is 5.76 Å². The predicted molar refractivity (Wildman–Crippen MR) is 69.1 cm³/mol. The van der Waals surface area contributed by atoms with Crippen LogP contribution in [0.15, 0.2) is 28.7 Å². The van der Waals surface area contributed by atoms with Gasteiger partial charge in [0.2, 0.25) is 5.89 Å². The molecule has 0 aliphatic rings. The zero-order valence-electron chi connectivity index (χ0n) is 10.6. The van der Waals surface area contributed by atoms with Crippen LogP contribution < -0.4 is 5.32 Å². The van der Waals surface area contributed by atoms with Crippen LogP contribution in [0.4, 0.5) is 5.69 Å². The first kappa shape index (κ1) is 11.7. The fourth-order valence-corrected chi connectivity index (χ4v) is 1.69. The van der Waals surface area contributed by atoms with Gasteiger partial charge in [0, 0.05) is 5.69 Å². The van der Waals surface area contributed by atoms with Crippen molar-refractivity contribution in [3.63, 3.8) is 0 Å². The summed E-state index contributed by atoms with van der Waals surface area (Å²) in [5.74, 6) is 1.63. The van der Waals surface area contributed by atoms with E-state index in [0.29, 0.717) is 6.54 Å². The smallest absolute Gasteiger partial charge is 0.213 e. The lowest BCUT2D eigenvalue weighted by Crippen LogP contribution is -2.00. The maximum Gasteiger partial charge on any atom is 0.213 e. The van der Waals surface area contributed by atoms with Crippen molar-refractivity contribution in [2.45, 2.75) is 33.7 Å². The summed E-state index contributed by atoms with van der Waals surface area (Å²) in [6.45, 7) is 6.67. The summed E-state index contributed by atoms with van der Waals surface area (Å²) >= 11 is 0. The van der Waals surface area contributed by atoms with Gasteiger partial charge in [0.15, 0.2) is 0 Å². The molecule has 17 heavy (non-hydrogen) atoms. The van der Waals surface area contributed by atoms with Crippen LogP contribution in [-0.4, -0.2) is 4.98 Å². The molecule has 0 aliphatic heterocycles. The molecule has 0 amide bonds. The Kier molecular flexibility index (Phi) is 3.47. The Bertz CT molecular complexity index is 483. The van der Waals surface area contributed by atoms with Crippen molar-refractivity contribution >= 4 is 5.69 Å². The van der Waals surface area contributed by atoms with Crippen LogP contribution in [0.25, 0.3) is 0 Å². The summed E-state index contributed by atoms with van der Waals surface area (Å²) < 4.78 is 5.52. The van der Waals surface area contributed by atoms with Gasteiger partial charge in [-0.2, -0.15) is 0 Å². The van der Waals surface area contributed by atoms with E-state index in [0.717, 1.165) is 29.5 Å². The molecule has 0 saturated heterocycles. The average molecular weight is 230 g/mol. The standard InChI is InChI=1S/C14H18N2O/c1-4-12-6-5-7-13(8-12)15-9-14-16-10(2)11(3)17-14/h5-8,15H,4,9H2,1-3H3. The molecule has 0 spiro atoms. The van der Waals surface area contributed by atoms with Gasteiger partial charge in [-0.3, -0.25) is 0 Å². The Labute approximate surface area is 102 Å². The summed E-state index contributed by atoms with van der Waals surface area (Å²) in [6.07, 6.45) is 1.05. The van der Waals surface area contributed by atoms with Gasteiger partial charge in [-0.1, -0.05) is 19.1 Å². The van der Waals surface area contributed by atoms with Crippen molar-refractivity contribution < 1.29 is 4.42 Å². The second-order valence-electron chi connectivity index (χ2n) is 4.16. The van der Waals surface area contributed by atoms with Crippen molar-refractivity contribution in [3.05, 3.63) is 47.2 Å². The number of benzene rings is 1. The number of oxazole rings is 1. The first-order chi connectivity index (χ1) is 8.19. The molecule has 2 aromatic rings. The average Bonchev–Trinajstić information content (AvgIpc) is 2.67. The highest BCUT2D eigenvalue weighted by Crippen LogP contribution is 2.14. The third-order valence-corrected chi connectivity index (χ3v) is 2.85. The molecule has 1 aromatic carbocycles. The Morgan fingerprint density at radius 1 is 1.29 bits per heavy atom. The molecular weight excluding hydrogens is 212 g/mol. The Morgan fingerprint density at radius 2 is 2.12 bits per heavy atom. The van der Waals surface area contributed by atoms with E-state index < -0.39 is 0 Å². The van der Waals surface area contributed by atoms with E-state index in [9.17, 15) is 0 Å². The maximum atomic E-state index is 5.52. The van der Waals surface area contributed by atoms with Gasteiger partial charge in [-0.15, -0.1) is 0 Å². The zero-order chi connectivity index (χ0) is 12.3. The van der Waals surface area contributed by atoms with E-state index in [1.54, 1.807) is 0 Å². The number of hydrogen-bond acceptors (Lipinski definition) is 3. The number of rotatable bonds is 4. The van der Waals surface area contributed by atoms with E-state index in [1.807, 2.05) is 13.8 Å². The van der Waals surface area contributed by atoms with Crippen LogP contribution in [0.1, 0.15) is 29.8 Å². The summed E-state index contributed by atoms with van der Waals surface area (Å²) in [5.41, 5.74) is 3.40. The predicted octanol–water partition coefficient (Wildman–Crippen LogP) is 3.47. The quantitative estimate of drug-likeness (QED) is 0.874. The minimum atomic E-state index is 0.627. The highest BCUT2D eigenvalue weighted by molar-refractivity contribution is 5.45. The third kappa shape index (κ3) is 2.87. The van der Waals surface area contributed by atoms with Crippen molar-refractivity contribution in [1.29, 1.82) is 0 Å². The number of aryl methyl sites for hydroxylation is 3. The molecule has 0 fully saturated rings. The minimum Gasteiger partial charge on any atom is -0.444 e. The van der Waals surface area contributed by atoms with E-state index >= 15 is 0 Å². The molecule has 1 heterocycles. The molecular formula is C14H18N2O. The fourth-order valence-electron chi connectivity index (χ4n) is 1.69. The van der Waals surface area contributed by atoms with E-state index in [1.165, 1.54) is 5.56 Å². The van der Waals surface area contributed by atoms with Gasteiger partial charge in [-0.05, 0) is 38.0 Å². The second kappa shape index (κ2) is 5.04. The molecule has 0 saturated carbocycles. The van der Waals surface area contributed by atoms with Crippen molar-refractivity contribution in [2.75, 3.05) is 5.32 Å². The highest BCUT2D eigenvalue weighted by atomic mass is 16.4. The van der Waals surface area contributed by atoms with E-state index in [4.69, 9.17) is 4.42 Å². The number of aromatic nitrogens is 1. The minimum absolute atomic E-state index is 0.627. The van der Waals surface area contributed by atoms with Crippen molar-refractivity contribution in [3.8, 4) is 0 Å². The highest BCUT2D eigenvalue weighted by Gasteiger charge is 2.04. The summed E-state index contributed by atoms with van der Waals surface area (Å²) in [5, 5.41) is 3.32. The molecule has 0 radical (unpaired) electrons. The zero-order valence-corrected chi connectivity index (χ0v) is 10.6. The molecule has 2 rings (SSSR count). The van der Waals surface area contributed by atoms with Crippen LogP contribution in [0.3, 0.4) is 0 Å². The lowest BCUT2D eigenvalue weighted by molar-refractivity contribution is 0.478. The number of nitrogens with zero attached hydrogens (tertiary/aromatic N) is 1. The SMILES string of the molecule is CCc1cccc(NCc2nc(C)c(C)o2)c1. The number of nitrogens with one attached hydrogen (secondary N) is 1. The van der Waals surface area contributed by atoms with E-state index in [2.05, 4.69) is 41.5 Å². The normalized spacial score (nSPS) is 10.5. The summed E-state index contributed by atoms with van der Waals surface area (Å²) in [6, 6.07) is 8.41. The van der Waals surface area contributed by atoms with Gasteiger partial charge in [0.25, 0.3) is 0 Å². The van der Waals surface area contributed by atoms with Gasteiger partial charge in [-0.25, -0.2) is 4.98 Å². The first-order valence-corrected chi connectivity index (χ1v) is 5.94. The van der Waals surface area contributed by atoms with Gasteiger partial charge >= 0.3 is 0 Å². The topological polar surface area (TPSA) is 38.1 Å². The molecule has 0 unspecified atom stereocenters. The molecule has 1 N–H and O–H groups in total.